The quantitative estimate of drug-likeness (QED) is 0.752. The van der Waals surface area contributed by atoms with E-state index in [0.29, 0.717) is 17.9 Å². The molecule has 4 rings (SSSR count). The van der Waals surface area contributed by atoms with Gasteiger partial charge in [0.15, 0.2) is 5.82 Å². The zero-order valence-corrected chi connectivity index (χ0v) is 13.8. The summed E-state index contributed by atoms with van der Waals surface area (Å²) in [6.07, 6.45) is 11.0. The van der Waals surface area contributed by atoms with E-state index in [0.717, 1.165) is 24.9 Å². The van der Waals surface area contributed by atoms with Gasteiger partial charge >= 0.3 is 0 Å². The number of hydrogen-bond acceptors (Lipinski definition) is 4. The van der Waals surface area contributed by atoms with E-state index in [1.54, 1.807) is 18.6 Å². The van der Waals surface area contributed by atoms with Gasteiger partial charge in [0, 0.05) is 48.9 Å². The van der Waals surface area contributed by atoms with Crippen LogP contribution in [0.5, 0.6) is 0 Å². The molecule has 1 N–H and O–H groups in total. The summed E-state index contributed by atoms with van der Waals surface area (Å²) in [6, 6.07) is 9.72. The fourth-order valence-electron chi connectivity index (χ4n) is 2.89. The highest BCUT2D eigenvalue weighted by molar-refractivity contribution is 5.93. The Morgan fingerprint density at radius 1 is 1.16 bits per heavy atom. The van der Waals surface area contributed by atoms with Gasteiger partial charge in [-0.2, -0.15) is 0 Å². The summed E-state index contributed by atoms with van der Waals surface area (Å²) >= 11 is 0. The standard InChI is InChI=1S/C19H19N5O/c25-18(23-12-19(6-7-19)13-24-9-8-20-14-24)16-10-21-17(22-11-16)15-4-2-1-3-5-15/h1-5,8-11,14H,6-7,12-13H2,(H,23,25). The highest BCUT2D eigenvalue weighted by Gasteiger charge is 2.43. The maximum atomic E-state index is 12.4. The normalized spacial score (nSPS) is 14.9. The van der Waals surface area contributed by atoms with Crippen LogP contribution >= 0.6 is 0 Å². The molecular formula is C19H19N5O. The lowest BCUT2D eigenvalue weighted by Gasteiger charge is -2.16. The predicted octanol–water partition coefficient (Wildman–Crippen LogP) is 2.55. The third kappa shape index (κ3) is 3.57. The number of carbonyl (C=O) groups excluding carboxylic acids is 1. The summed E-state index contributed by atoms with van der Waals surface area (Å²) in [4.78, 5) is 25.0. The first-order valence-corrected chi connectivity index (χ1v) is 8.36. The predicted molar refractivity (Wildman–Crippen MR) is 93.7 cm³/mol. The fraction of sp³-hybridized carbons (Fsp3) is 0.263. The minimum absolute atomic E-state index is 0.128. The number of benzene rings is 1. The van der Waals surface area contributed by atoms with Crippen molar-refractivity contribution in [2.75, 3.05) is 6.54 Å². The summed E-state index contributed by atoms with van der Waals surface area (Å²) < 4.78 is 2.07. The Balaban J connectivity index is 1.37. The van der Waals surface area contributed by atoms with Crippen molar-refractivity contribution in [3.8, 4) is 11.4 Å². The molecule has 0 aliphatic heterocycles. The van der Waals surface area contributed by atoms with Gasteiger partial charge in [-0.15, -0.1) is 0 Å². The minimum atomic E-state index is -0.128. The highest BCUT2D eigenvalue weighted by atomic mass is 16.1. The Hall–Kier alpha value is -3.02. The Morgan fingerprint density at radius 2 is 1.92 bits per heavy atom. The van der Waals surface area contributed by atoms with Gasteiger partial charge in [0.1, 0.15) is 0 Å². The van der Waals surface area contributed by atoms with Crippen molar-refractivity contribution in [2.24, 2.45) is 5.41 Å². The van der Waals surface area contributed by atoms with Gasteiger partial charge in [-0.1, -0.05) is 30.3 Å². The molecule has 0 spiro atoms. The van der Waals surface area contributed by atoms with Crippen LogP contribution < -0.4 is 5.32 Å². The number of nitrogens with one attached hydrogen (secondary N) is 1. The lowest BCUT2D eigenvalue weighted by atomic mass is 10.1. The van der Waals surface area contributed by atoms with Crippen LogP contribution in [0.2, 0.25) is 0 Å². The summed E-state index contributed by atoms with van der Waals surface area (Å²) in [5.41, 5.74) is 1.58. The van der Waals surface area contributed by atoms with Crippen LogP contribution in [0.1, 0.15) is 23.2 Å². The van der Waals surface area contributed by atoms with Gasteiger partial charge < -0.3 is 9.88 Å². The summed E-state index contributed by atoms with van der Waals surface area (Å²) in [6.45, 7) is 1.54. The van der Waals surface area contributed by atoms with Crippen LogP contribution in [0.4, 0.5) is 0 Å². The highest BCUT2D eigenvalue weighted by Crippen LogP contribution is 2.46. The lowest BCUT2D eigenvalue weighted by molar-refractivity contribution is 0.0942. The molecule has 1 aliphatic carbocycles. The molecule has 1 fully saturated rings. The monoisotopic (exact) mass is 333 g/mol. The topological polar surface area (TPSA) is 72.7 Å². The largest absolute Gasteiger partial charge is 0.351 e. The molecule has 6 nitrogen and oxygen atoms in total. The second-order valence-corrected chi connectivity index (χ2v) is 6.58. The number of hydrogen-bond donors (Lipinski definition) is 1. The van der Waals surface area contributed by atoms with Crippen molar-refractivity contribution < 1.29 is 4.79 Å². The molecule has 2 heterocycles. The second-order valence-electron chi connectivity index (χ2n) is 6.58. The molecule has 1 aromatic carbocycles. The molecule has 6 heteroatoms. The molecule has 3 aromatic rings. The van der Waals surface area contributed by atoms with Gasteiger partial charge in [0.25, 0.3) is 5.91 Å². The first-order valence-electron chi connectivity index (χ1n) is 8.36. The van der Waals surface area contributed by atoms with Gasteiger partial charge in [0.2, 0.25) is 0 Å². The van der Waals surface area contributed by atoms with Crippen LogP contribution in [0.3, 0.4) is 0 Å². The Labute approximate surface area is 146 Å². The minimum Gasteiger partial charge on any atom is -0.351 e. The van der Waals surface area contributed by atoms with Crippen LogP contribution in [0, 0.1) is 5.41 Å². The van der Waals surface area contributed by atoms with Crippen molar-refractivity contribution >= 4 is 5.91 Å². The first-order chi connectivity index (χ1) is 12.2. The number of rotatable bonds is 6. The SMILES string of the molecule is O=C(NCC1(Cn2ccnc2)CC1)c1cnc(-c2ccccc2)nc1. The lowest BCUT2D eigenvalue weighted by Crippen LogP contribution is -2.32. The second kappa shape index (κ2) is 6.47. The van der Waals surface area contributed by atoms with Crippen LogP contribution in [0.25, 0.3) is 11.4 Å². The molecule has 0 radical (unpaired) electrons. The Kier molecular flexibility index (Phi) is 4.01. The molecule has 126 valence electrons. The maximum Gasteiger partial charge on any atom is 0.254 e. The van der Waals surface area contributed by atoms with Crippen LogP contribution in [0.15, 0.2) is 61.4 Å². The van der Waals surface area contributed by atoms with Crippen molar-refractivity contribution in [1.29, 1.82) is 0 Å². The number of carbonyl (C=O) groups is 1. The molecule has 25 heavy (non-hydrogen) atoms. The van der Waals surface area contributed by atoms with E-state index in [1.807, 2.05) is 42.9 Å². The first kappa shape index (κ1) is 15.5. The summed E-state index contributed by atoms with van der Waals surface area (Å²) in [5.74, 6) is 0.493. The maximum absolute atomic E-state index is 12.4. The molecule has 1 aliphatic rings. The number of aromatic nitrogens is 4. The molecular weight excluding hydrogens is 314 g/mol. The van der Waals surface area contributed by atoms with Gasteiger partial charge in [0.05, 0.1) is 11.9 Å². The van der Waals surface area contributed by atoms with Crippen molar-refractivity contribution in [2.45, 2.75) is 19.4 Å². The zero-order valence-electron chi connectivity index (χ0n) is 13.8. The Morgan fingerprint density at radius 3 is 2.56 bits per heavy atom. The van der Waals surface area contributed by atoms with E-state index in [9.17, 15) is 4.79 Å². The van der Waals surface area contributed by atoms with E-state index in [1.165, 1.54) is 0 Å². The van der Waals surface area contributed by atoms with Gasteiger partial charge in [-0.25, -0.2) is 15.0 Å². The van der Waals surface area contributed by atoms with Crippen molar-refractivity contribution in [1.82, 2.24) is 24.8 Å². The third-order valence-electron chi connectivity index (χ3n) is 4.60. The smallest absolute Gasteiger partial charge is 0.254 e. The molecule has 0 unspecified atom stereocenters. The van der Waals surface area contributed by atoms with E-state index in [-0.39, 0.29) is 11.3 Å². The average Bonchev–Trinajstić information content (AvgIpc) is 3.24. The fourth-order valence-corrected chi connectivity index (χ4v) is 2.89. The molecule has 0 saturated heterocycles. The third-order valence-corrected chi connectivity index (χ3v) is 4.60. The zero-order chi connectivity index (χ0) is 17.1. The van der Waals surface area contributed by atoms with E-state index >= 15 is 0 Å². The molecule has 0 atom stereocenters. The van der Waals surface area contributed by atoms with Crippen molar-refractivity contribution in [3.63, 3.8) is 0 Å². The van der Waals surface area contributed by atoms with E-state index in [4.69, 9.17) is 0 Å². The van der Waals surface area contributed by atoms with Crippen LogP contribution in [-0.2, 0) is 6.54 Å². The van der Waals surface area contributed by atoms with E-state index < -0.39 is 0 Å². The molecule has 0 bridgehead atoms. The van der Waals surface area contributed by atoms with Crippen molar-refractivity contribution in [3.05, 3.63) is 67.0 Å². The number of amides is 1. The Bertz CT molecular complexity index is 839. The van der Waals surface area contributed by atoms with Crippen LogP contribution in [-0.4, -0.2) is 32.0 Å². The number of imidazole rings is 1. The summed E-state index contributed by atoms with van der Waals surface area (Å²) in [5, 5.41) is 3.02. The molecule has 1 saturated carbocycles. The number of nitrogens with zero attached hydrogens (tertiary/aromatic N) is 4. The van der Waals surface area contributed by atoms with Gasteiger partial charge in [-0.05, 0) is 12.8 Å². The van der Waals surface area contributed by atoms with E-state index in [2.05, 4.69) is 24.8 Å². The molecule has 1 amide bonds. The summed E-state index contributed by atoms with van der Waals surface area (Å²) in [7, 11) is 0. The molecule has 2 aromatic heterocycles. The average molecular weight is 333 g/mol. The van der Waals surface area contributed by atoms with Gasteiger partial charge in [-0.3, -0.25) is 4.79 Å².